The van der Waals surface area contributed by atoms with Crippen LogP contribution in [0.25, 0.3) is 0 Å². The van der Waals surface area contributed by atoms with E-state index in [9.17, 15) is 4.79 Å². The molecule has 12 heavy (non-hydrogen) atoms. The van der Waals surface area contributed by atoms with E-state index in [1.807, 2.05) is 0 Å². The SMILES string of the molecule is C=CC(=O)OC(C)CC(O)CO. The number of esters is 1. The first-order valence-corrected chi connectivity index (χ1v) is 3.72. The average Bonchev–Trinajstić information content (AvgIpc) is 2.03. The van der Waals surface area contributed by atoms with Crippen molar-refractivity contribution in [3.63, 3.8) is 0 Å². The van der Waals surface area contributed by atoms with E-state index in [2.05, 4.69) is 6.58 Å². The summed E-state index contributed by atoms with van der Waals surface area (Å²) in [6.45, 7) is 4.54. The predicted octanol–water partition coefficient (Wildman–Crippen LogP) is -0.153. The minimum Gasteiger partial charge on any atom is -0.459 e. The van der Waals surface area contributed by atoms with Crippen molar-refractivity contribution in [3.8, 4) is 0 Å². The second-order valence-electron chi connectivity index (χ2n) is 2.52. The van der Waals surface area contributed by atoms with Gasteiger partial charge in [0.2, 0.25) is 0 Å². The van der Waals surface area contributed by atoms with E-state index in [0.717, 1.165) is 6.08 Å². The fraction of sp³-hybridized carbons (Fsp3) is 0.625. The molecule has 0 aromatic heterocycles. The molecule has 0 rings (SSSR count). The first kappa shape index (κ1) is 11.1. The summed E-state index contributed by atoms with van der Waals surface area (Å²) in [6.07, 6.45) is 0.0491. The normalized spacial score (nSPS) is 14.9. The first-order chi connectivity index (χ1) is 5.60. The summed E-state index contributed by atoms with van der Waals surface area (Å²) in [4.78, 5) is 10.6. The molecule has 0 radical (unpaired) electrons. The Morgan fingerprint density at radius 1 is 1.75 bits per heavy atom. The Bertz CT molecular complexity index is 155. The molecule has 0 aromatic rings. The summed E-state index contributed by atoms with van der Waals surface area (Å²) in [5.41, 5.74) is 0. The van der Waals surface area contributed by atoms with Crippen LogP contribution in [0.2, 0.25) is 0 Å². The molecule has 0 fully saturated rings. The number of ether oxygens (including phenoxy) is 1. The van der Waals surface area contributed by atoms with Crippen LogP contribution in [-0.2, 0) is 9.53 Å². The molecule has 0 saturated heterocycles. The number of hydrogen-bond donors (Lipinski definition) is 2. The Kier molecular flexibility index (Phi) is 5.32. The Morgan fingerprint density at radius 2 is 2.33 bits per heavy atom. The van der Waals surface area contributed by atoms with Gasteiger partial charge < -0.3 is 14.9 Å². The number of carbonyl (C=O) groups is 1. The molecule has 0 bridgehead atoms. The number of aliphatic hydroxyl groups is 2. The minimum atomic E-state index is -0.836. The Balaban J connectivity index is 3.65. The van der Waals surface area contributed by atoms with Gasteiger partial charge >= 0.3 is 5.97 Å². The van der Waals surface area contributed by atoms with E-state index >= 15 is 0 Å². The molecular formula is C8H14O4. The highest BCUT2D eigenvalue weighted by Crippen LogP contribution is 2.02. The van der Waals surface area contributed by atoms with Crippen LogP contribution in [0, 0.1) is 0 Å². The highest BCUT2D eigenvalue weighted by Gasteiger charge is 2.11. The lowest BCUT2D eigenvalue weighted by Gasteiger charge is -2.14. The van der Waals surface area contributed by atoms with Gasteiger partial charge in [-0.1, -0.05) is 6.58 Å². The van der Waals surface area contributed by atoms with Crippen LogP contribution in [0.3, 0.4) is 0 Å². The lowest BCUT2D eigenvalue weighted by atomic mass is 10.2. The van der Waals surface area contributed by atoms with Crippen LogP contribution in [0.5, 0.6) is 0 Å². The molecule has 0 aliphatic carbocycles. The third kappa shape index (κ3) is 4.87. The summed E-state index contributed by atoms with van der Waals surface area (Å²) >= 11 is 0. The van der Waals surface area contributed by atoms with Crippen molar-refractivity contribution in [2.45, 2.75) is 25.6 Å². The van der Waals surface area contributed by atoms with E-state index in [4.69, 9.17) is 14.9 Å². The van der Waals surface area contributed by atoms with E-state index < -0.39 is 18.2 Å². The average molecular weight is 174 g/mol. The number of rotatable bonds is 5. The molecule has 0 amide bonds. The molecule has 0 spiro atoms. The van der Waals surface area contributed by atoms with Crippen molar-refractivity contribution in [1.82, 2.24) is 0 Å². The second-order valence-corrected chi connectivity index (χ2v) is 2.52. The van der Waals surface area contributed by atoms with Crippen molar-refractivity contribution >= 4 is 5.97 Å². The molecule has 0 aromatic carbocycles. The fourth-order valence-electron chi connectivity index (χ4n) is 0.752. The standard InChI is InChI=1S/C8H14O4/c1-3-8(11)12-6(2)4-7(10)5-9/h3,6-7,9-10H,1,4-5H2,2H3. The third-order valence-corrected chi connectivity index (χ3v) is 1.30. The Labute approximate surface area is 71.5 Å². The third-order valence-electron chi connectivity index (χ3n) is 1.30. The van der Waals surface area contributed by atoms with E-state index in [1.54, 1.807) is 6.92 Å². The summed E-state index contributed by atoms with van der Waals surface area (Å²) in [5, 5.41) is 17.4. The molecule has 0 aliphatic heterocycles. The van der Waals surface area contributed by atoms with E-state index in [-0.39, 0.29) is 13.0 Å². The van der Waals surface area contributed by atoms with Crippen LogP contribution in [0.1, 0.15) is 13.3 Å². The quantitative estimate of drug-likeness (QED) is 0.449. The van der Waals surface area contributed by atoms with Gasteiger partial charge in [0, 0.05) is 12.5 Å². The fourth-order valence-corrected chi connectivity index (χ4v) is 0.752. The summed E-state index contributed by atoms with van der Waals surface area (Å²) in [6, 6.07) is 0. The van der Waals surface area contributed by atoms with E-state index in [1.165, 1.54) is 0 Å². The van der Waals surface area contributed by atoms with E-state index in [0.29, 0.717) is 0 Å². The van der Waals surface area contributed by atoms with Crippen molar-refractivity contribution in [2.24, 2.45) is 0 Å². The molecule has 4 heteroatoms. The maximum absolute atomic E-state index is 10.6. The van der Waals surface area contributed by atoms with Gasteiger partial charge in [0.15, 0.2) is 0 Å². The van der Waals surface area contributed by atoms with Gasteiger partial charge in [-0.25, -0.2) is 4.79 Å². The molecule has 4 nitrogen and oxygen atoms in total. The maximum atomic E-state index is 10.6. The van der Waals surface area contributed by atoms with Gasteiger partial charge in [0.05, 0.1) is 12.7 Å². The first-order valence-electron chi connectivity index (χ1n) is 3.72. The van der Waals surface area contributed by atoms with Crippen LogP contribution in [0.4, 0.5) is 0 Å². The molecule has 2 atom stereocenters. The second kappa shape index (κ2) is 5.74. The van der Waals surface area contributed by atoms with Gasteiger partial charge in [-0.3, -0.25) is 0 Å². The smallest absolute Gasteiger partial charge is 0.330 e. The summed E-state index contributed by atoms with van der Waals surface area (Å²) < 4.78 is 4.74. The van der Waals surface area contributed by atoms with Gasteiger partial charge in [-0.15, -0.1) is 0 Å². The molecule has 2 N–H and O–H groups in total. The Morgan fingerprint density at radius 3 is 2.75 bits per heavy atom. The van der Waals surface area contributed by atoms with Crippen molar-refractivity contribution < 1.29 is 19.7 Å². The minimum absolute atomic E-state index is 0.232. The molecule has 70 valence electrons. The van der Waals surface area contributed by atoms with Gasteiger partial charge in [0.1, 0.15) is 6.10 Å². The van der Waals surface area contributed by atoms with Gasteiger partial charge in [0.25, 0.3) is 0 Å². The predicted molar refractivity (Wildman–Crippen MR) is 43.5 cm³/mol. The topological polar surface area (TPSA) is 66.8 Å². The maximum Gasteiger partial charge on any atom is 0.330 e. The van der Waals surface area contributed by atoms with Crippen LogP contribution in [0.15, 0.2) is 12.7 Å². The molecule has 2 unspecified atom stereocenters. The van der Waals surface area contributed by atoms with Gasteiger partial charge in [-0.05, 0) is 6.92 Å². The van der Waals surface area contributed by atoms with Crippen molar-refractivity contribution in [2.75, 3.05) is 6.61 Å². The number of aliphatic hydroxyl groups excluding tert-OH is 2. The molecular weight excluding hydrogens is 160 g/mol. The van der Waals surface area contributed by atoms with Crippen LogP contribution >= 0.6 is 0 Å². The van der Waals surface area contributed by atoms with Gasteiger partial charge in [-0.2, -0.15) is 0 Å². The zero-order chi connectivity index (χ0) is 9.56. The largest absolute Gasteiger partial charge is 0.459 e. The van der Waals surface area contributed by atoms with Crippen molar-refractivity contribution in [1.29, 1.82) is 0 Å². The highest BCUT2D eigenvalue weighted by atomic mass is 16.5. The highest BCUT2D eigenvalue weighted by molar-refractivity contribution is 5.81. The zero-order valence-corrected chi connectivity index (χ0v) is 7.06. The molecule has 0 saturated carbocycles. The zero-order valence-electron chi connectivity index (χ0n) is 7.06. The molecule has 0 aliphatic rings. The number of carbonyl (C=O) groups excluding carboxylic acids is 1. The monoisotopic (exact) mass is 174 g/mol. The summed E-state index contributed by atoms with van der Waals surface area (Å²) in [7, 11) is 0. The van der Waals surface area contributed by atoms with Crippen molar-refractivity contribution in [3.05, 3.63) is 12.7 Å². The molecule has 0 heterocycles. The van der Waals surface area contributed by atoms with Crippen LogP contribution in [-0.4, -0.2) is 35.0 Å². The lowest BCUT2D eigenvalue weighted by Crippen LogP contribution is -2.22. The summed E-state index contributed by atoms with van der Waals surface area (Å²) in [5.74, 6) is -0.521. The lowest BCUT2D eigenvalue weighted by molar-refractivity contribution is -0.143. The number of hydrogen-bond acceptors (Lipinski definition) is 4. The van der Waals surface area contributed by atoms with Crippen LogP contribution < -0.4 is 0 Å². The Hall–Kier alpha value is -0.870.